The maximum absolute atomic E-state index is 12.3. The second kappa shape index (κ2) is 9.48. The van der Waals surface area contributed by atoms with Crippen molar-refractivity contribution in [1.82, 2.24) is 5.32 Å². The van der Waals surface area contributed by atoms with Gasteiger partial charge in [0.05, 0.1) is 6.54 Å². The molecule has 26 heavy (non-hydrogen) atoms. The lowest BCUT2D eigenvalue weighted by atomic mass is 10.1. The fourth-order valence-corrected chi connectivity index (χ4v) is 2.78. The third-order valence-electron chi connectivity index (χ3n) is 3.95. The monoisotopic (exact) mass is 375 g/mol. The Kier molecular flexibility index (Phi) is 7.34. The standard InChI is InChI=1S/C21H26ClNO3/c1-5-20(26-18-11-14(2)10-15(3)12-18)21(24)23-8-9-25-17-7-6-16(4)19(22)13-17/h6-7,10-13,20H,5,8-9H2,1-4H3,(H,23,24). The SMILES string of the molecule is CCC(Oc1cc(C)cc(C)c1)C(=O)NCCOc1ccc(C)c(Cl)c1. The van der Waals surface area contributed by atoms with E-state index in [1.165, 1.54) is 0 Å². The number of aryl methyl sites for hydroxylation is 3. The van der Waals surface area contributed by atoms with E-state index in [1.54, 1.807) is 6.07 Å². The summed E-state index contributed by atoms with van der Waals surface area (Å²) in [6.07, 6.45) is 0.0674. The zero-order valence-corrected chi connectivity index (χ0v) is 16.5. The van der Waals surface area contributed by atoms with Gasteiger partial charge in [-0.3, -0.25) is 4.79 Å². The summed E-state index contributed by atoms with van der Waals surface area (Å²) in [5.41, 5.74) is 3.22. The number of carbonyl (C=O) groups is 1. The highest BCUT2D eigenvalue weighted by molar-refractivity contribution is 6.31. The van der Waals surface area contributed by atoms with Crippen LogP contribution in [0.25, 0.3) is 0 Å². The maximum Gasteiger partial charge on any atom is 0.261 e. The molecule has 1 atom stereocenters. The molecule has 0 spiro atoms. The number of rotatable bonds is 8. The van der Waals surface area contributed by atoms with Crippen LogP contribution in [-0.4, -0.2) is 25.2 Å². The van der Waals surface area contributed by atoms with E-state index in [0.717, 1.165) is 22.4 Å². The predicted octanol–water partition coefficient (Wildman–Crippen LogP) is 4.62. The summed E-state index contributed by atoms with van der Waals surface area (Å²) in [5, 5.41) is 3.52. The van der Waals surface area contributed by atoms with Crippen LogP contribution in [0.1, 0.15) is 30.0 Å². The Morgan fingerprint density at radius 3 is 2.38 bits per heavy atom. The van der Waals surface area contributed by atoms with Crippen LogP contribution >= 0.6 is 11.6 Å². The maximum atomic E-state index is 12.3. The first-order valence-electron chi connectivity index (χ1n) is 8.80. The Morgan fingerprint density at radius 1 is 1.08 bits per heavy atom. The van der Waals surface area contributed by atoms with Crippen LogP contribution in [0.4, 0.5) is 0 Å². The van der Waals surface area contributed by atoms with Crippen molar-refractivity contribution in [3.8, 4) is 11.5 Å². The normalized spacial score (nSPS) is 11.7. The summed E-state index contributed by atoms with van der Waals surface area (Å²) in [7, 11) is 0. The van der Waals surface area contributed by atoms with E-state index in [-0.39, 0.29) is 5.91 Å². The third kappa shape index (κ3) is 5.95. The van der Waals surface area contributed by atoms with E-state index in [4.69, 9.17) is 21.1 Å². The smallest absolute Gasteiger partial charge is 0.261 e. The second-order valence-corrected chi connectivity index (χ2v) is 6.80. The average molecular weight is 376 g/mol. The summed E-state index contributed by atoms with van der Waals surface area (Å²) in [6.45, 7) is 8.65. The first-order valence-corrected chi connectivity index (χ1v) is 9.18. The molecule has 140 valence electrons. The third-order valence-corrected chi connectivity index (χ3v) is 4.36. The van der Waals surface area contributed by atoms with E-state index < -0.39 is 6.10 Å². The minimum Gasteiger partial charge on any atom is -0.492 e. The average Bonchev–Trinajstić information content (AvgIpc) is 2.58. The van der Waals surface area contributed by atoms with Gasteiger partial charge < -0.3 is 14.8 Å². The fraction of sp³-hybridized carbons (Fsp3) is 0.381. The molecule has 5 heteroatoms. The Labute approximate surface area is 160 Å². The number of hydrogen-bond acceptors (Lipinski definition) is 3. The van der Waals surface area contributed by atoms with Gasteiger partial charge in [0.2, 0.25) is 0 Å². The van der Waals surface area contributed by atoms with Gasteiger partial charge in [-0.05, 0) is 68.1 Å². The predicted molar refractivity (Wildman–Crippen MR) is 105 cm³/mol. The Morgan fingerprint density at radius 2 is 1.77 bits per heavy atom. The molecule has 0 saturated carbocycles. The molecule has 0 heterocycles. The molecule has 1 N–H and O–H groups in total. The largest absolute Gasteiger partial charge is 0.492 e. The zero-order chi connectivity index (χ0) is 19.1. The number of halogens is 1. The summed E-state index contributed by atoms with van der Waals surface area (Å²) in [6, 6.07) is 11.5. The van der Waals surface area contributed by atoms with Gasteiger partial charge in [-0.15, -0.1) is 0 Å². The van der Waals surface area contributed by atoms with Crippen LogP contribution in [-0.2, 0) is 4.79 Å². The topological polar surface area (TPSA) is 47.6 Å². The number of hydrogen-bond donors (Lipinski definition) is 1. The lowest BCUT2D eigenvalue weighted by Crippen LogP contribution is -2.39. The molecule has 0 bridgehead atoms. The van der Waals surface area contributed by atoms with Crippen LogP contribution in [0.3, 0.4) is 0 Å². The molecular weight excluding hydrogens is 350 g/mol. The minimum absolute atomic E-state index is 0.141. The van der Waals surface area contributed by atoms with Crippen molar-refractivity contribution in [1.29, 1.82) is 0 Å². The minimum atomic E-state index is -0.523. The highest BCUT2D eigenvalue weighted by atomic mass is 35.5. The van der Waals surface area contributed by atoms with Gasteiger partial charge in [-0.1, -0.05) is 30.7 Å². The molecule has 0 aliphatic carbocycles. The Bertz CT molecular complexity index is 741. The molecule has 1 unspecified atom stereocenters. The summed E-state index contributed by atoms with van der Waals surface area (Å²) in [4.78, 5) is 12.3. The van der Waals surface area contributed by atoms with Crippen molar-refractivity contribution in [3.63, 3.8) is 0 Å². The van der Waals surface area contributed by atoms with Crippen molar-refractivity contribution in [3.05, 3.63) is 58.1 Å². The quantitative estimate of drug-likeness (QED) is 0.685. The highest BCUT2D eigenvalue weighted by Gasteiger charge is 2.18. The van der Waals surface area contributed by atoms with E-state index in [9.17, 15) is 4.79 Å². The van der Waals surface area contributed by atoms with Crippen LogP contribution in [0.15, 0.2) is 36.4 Å². The van der Waals surface area contributed by atoms with Gasteiger partial charge in [0.25, 0.3) is 5.91 Å². The van der Waals surface area contributed by atoms with Crippen LogP contribution in [0.2, 0.25) is 5.02 Å². The molecule has 2 rings (SSSR count). The summed E-state index contributed by atoms with van der Waals surface area (Å²) in [5.74, 6) is 1.26. The van der Waals surface area contributed by atoms with Gasteiger partial charge in [0.15, 0.2) is 6.10 Å². The molecule has 0 radical (unpaired) electrons. The molecule has 0 aromatic heterocycles. The molecule has 0 fully saturated rings. The van der Waals surface area contributed by atoms with Gasteiger partial charge in [0, 0.05) is 5.02 Å². The Hall–Kier alpha value is -2.20. The van der Waals surface area contributed by atoms with Gasteiger partial charge in [-0.2, -0.15) is 0 Å². The molecular formula is C21H26ClNO3. The lowest BCUT2D eigenvalue weighted by molar-refractivity contribution is -0.128. The molecule has 2 aromatic rings. The van der Waals surface area contributed by atoms with E-state index in [1.807, 2.05) is 52.0 Å². The van der Waals surface area contributed by atoms with Crippen molar-refractivity contribution >= 4 is 17.5 Å². The van der Waals surface area contributed by atoms with Crippen LogP contribution < -0.4 is 14.8 Å². The number of carbonyl (C=O) groups excluding carboxylic acids is 1. The molecule has 0 aliphatic heterocycles. The number of nitrogens with one attached hydrogen (secondary N) is 1. The number of ether oxygens (including phenoxy) is 2. The van der Waals surface area contributed by atoms with Crippen molar-refractivity contribution in [2.45, 2.75) is 40.2 Å². The van der Waals surface area contributed by atoms with Gasteiger partial charge in [0.1, 0.15) is 18.1 Å². The van der Waals surface area contributed by atoms with Crippen molar-refractivity contribution in [2.75, 3.05) is 13.2 Å². The van der Waals surface area contributed by atoms with E-state index >= 15 is 0 Å². The van der Waals surface area contributed by atoms with Gasteiger partial charge >= 0.3 is 0 Å². The molecule has 4 nitrogen and oxygen atoms in total. The molecule has 2 aromatic carbocycles. The molecule has 0 aliphatic rings. The molecule has 0 saturated heterocycles. The van der Waals surface area contributed by atoms with E-state index in [0.29, 0.717) is 30.3 Å². The van der Waals surface area contributed by atoms with Crippen LogP contribution in [0, 0.1) is 20.8 Å². The summed E-state index contributed by atoms with van der Waals surface area (Å²) < 4.78 is 11.5. The molecule has 1 amide bonds. The number of amides is 1. The summed E-state index contributed by atoms with van der Waals surface area (Å²) >= 11 is 6.07. The fourth-order valence-electron chi connectivity index (χ4n) is 2.61. The first-order chi connectivity index (χ1) is 12.4. The highest BCUT2D eigenvalue weighted by Crippen LogP contribution is 2.21. The lowest BCUT2D eigenvalue weighted by Gasteiger charge is -2.18. The van der Waals surface area contributed by atoms with Crippen molar-refractivity contribution in [2.24, 2.45) is 0 Å². The van der Waals surface area contributed by atoms with Crippen LogP contribution in [0.5, 0.6) is 11.5 Å². The zero-order valence-electron chi connectivity index (χ0n) is 15.8. The Balaban J connectivity index is 1.82. The second-order valence-electron chi connectivity index (χ2n) is 6.39. The first kappa shape index (κ1) is 20.1. The van der Waals surface area contributed by atoms with Gasteiger partial charge in [-0.25, -0.2) is 0 Å². The van der Waals surface area contributed by atoms with E-state index in [2.05, 4.69) is 11.4 Å². The number of benzene rings is 2. The van der Waals surface area contributed by atoms with Crippen molar-refractivity contribution < 1.29 is 14.3 Å².